The van der Waals surface area contributed by atoms with E-state index >= 15 is 0 Å². The predicted octanol–water partition coefficient (Wildman–Crippen LogP) is 2.73. The van der Waals surface area contributed by atoms with Crippen LogP contribution in [-0.2, 0) is 5.54 Å². The molecular formula is C12H12ClN3O. The summed E-state index contributed by atoms with van der Waals surface area (Å²) in [7, 11) is 0. The van der Waals surface area contributed by atoms with Gasteiger partial charge < -0.3 is 10.3 Å². The van der Waals surface area contributed by atoms with E-state index in [1.54, 1.807) is 12.1 Å². The van der Waals surface area contributed by atoms with Crippen molar-refractivity contribution in [3.8, 4) is 11.5 Å². The lowest BCUT2D eigenvalue weighted by molar-refractivity contribution is 0.229. The standard InChI is InChI=1S/C12H12ClN3O/c13-9-4-2-8(3-5-9)10-15-11(16-17-10)12(14)6-1-7-12/h2-5H,1,6-7,14H2. The molecule has 88 valence electrons. The molecular weight excluding hydrogens is 238 g/mol. The molecule has 1 fully saturated rings. The molecule has 0 spiro atoms. The summed E-state index contributed by atoms with van der Waals surface area (Å²) in [5.41, 5.74) is 6.61. The van der Waals surface area contributed by atoms with Crippen LogP contribution in [0.1, 0.15) is 25.1 Å². The molecule has 2 aromatic rings. The SMILES string of the molecule is NC1(c2noc(-c3ccc(Cl)cc3)n2)CCC1. The first-order valence-electron chi connectivity index (χ1n) is 5.56. The molecule has 0 aliphatic heterocycles. The molecule has 1 aliphatic rings. The topological polar surface area (TPSA) is 64.9 Å². The van der Waals surface area contributed by atoms with Crippen molar-refractivity contribution in [1.29, 1.82) is 0 Å². The van der Waals surface area contributed by atoms with Gasteiger partial charge in [0.2, 0.25) is 0 Å². The third kappa shape index (κ3) is 1.83. The number of nitrogens with zero attached hydrogens (tertiary/aromatic N) is 2. The molecule has 1 aliphatic carbocycles. The molecule has 0 unspecified atom stereocenters. The predicted molar refractivity (Wildman–Crippen MR) is 64.5 cm³/mol. The molecule has 5 heteroatoms. The first-order chi connectivity index (χ1) is 8.17. The fourth-order valence-electron chi connectivity index (χ4n) is 1.92. The highest BCUT2D eigenvalue weighted by Gasteiger charge is 2.39. The summed E-state index contributed by atoms with van der Waals surface area (Å²) in [6.07, 6.45) is 2.97. The second kappa shape index (κ2) is 3.82. The van der Waals surface area contributed by atoms with Gasteiger partial charge in [-0.2, -0.15) is 4.98 Å². The van der Waals surface area contributed by atoms with E-state index in [1.165, 1.54) is 0 Å². The third-order valence-electron chi connectivity index (χ3n) is 3.21. The van der Waals surface area contributed by atoms with Crippen LogP contribution in [0.3, 0.4) is 0 Å². The van der Waals surface area contributed by atoms with Crippen molar-refractivity contribution in [2.45, 2.75) is 24.8 Å². The van der Waals surface area contributed by atoms with Crippen molar-refractivity contribution < 1.29 is 4.52 Å². The van der Waals surface area contributed by atoms with Crippen LogP contribution in [0, 0.1) is 0 Å². The fourth-order valence-corrected chi connectivity index (χ4v) is 2.04. The van der Waals surface area contributed by atoms with Gasteiger partial charge in [0.15, 0.2) is 5.82 Å². The molecule has 1 heterocycles. The van der Waals surface area contributed by atoms with Gasteiger partial charge in [-0.1, -0.05) is 16.8 Å². The number of aromatic nitrogens is 2. The van der Waals surface area contributed by atoms with E-state index < -0.39 is 0 Å². The number of halogens is 1. The zero-order chi connectivity index (χ0) is 11.9. The Morgan fingerprint density at radius 1 is 1.24 bits per heavy atom. The van der Waals surface area contributed by atoms with E-state index in [2.05, 4.69) is 10.1 Å². The Kier molecular flexibility index (Phi) is 2.42. The fraction of sp³-hybridized carbons (Fsp3) is 0.333. The number of benzene rings is 1. The van der Waals surface area contributed by atoms with E-state index in [4.69, 9.17) is 21.9 Å². The summed E-state index contributed by atoms with van der Waals surface area (Å²) in [5.74, 6) is 1.10. The Morgan fingerprint density at radius 3 is 2.53 bits per heavy atom. The van der Waals surface area contributed by atoms with Gasteiger partial charge in [0.05, 0.1) is 5.54 Å². The van der Waals surface area contributed by atoms with Crippen LogP contribution in [0.5, 0.6) is 0 Å². The highest BCUT2D eigenvalue weighted by atomic mass is 35.5. The van der Waals surface area contributed by atoms with Gasteiger partial charge in [0.25, 0.3) is 5.89 Å². The van der Waals surface area contributed by atoms with Gasteiger partial charge in [0.1, 0.15) is 0 Å². The summed E-state index contributed by atoms with van der Waals surface area (Å²) in [6.45, 7) is 0. The smallest absolute Gasteiger partial charge is 0.257 e. The second-order valence-corrected chi connectivity index (χ2v) is 4.88. The first kappa shape index (κ1) is 10.7. The Hall–Kier alpha value is -1.39. The van der Waals surface area contributed by atoms with Crippen molar-refractivity contribution in [3.05, 3.63) is 35.1 Å². The average molecular weight is 250 g/mol. The normalized spacial score (nSPS) is 17.8. The average Bonchev–Trinajstić information content (AvgIpc) is 2.76. The van der Waals surface area contributed by atoms with Gasteiger partial charge in [0, 0.05) is 10.6 Å². The van der Waals surface area contributed by atoms with Gasteiger partial charge >= 0.3 is 0 Å². The minimum Gasteiger partial charge on any atom is -0.334 e. The molecule has 0 amide bonds. The Bertz CT molecular complexity index is 531. The second-order valence-electron chi connectivity index (χ2n) is 4.44. The molecule has 2 N–H and O–H groups in total. The lowest BCUT2D eigenvalue weighted by Crippen LogP contribution is -2.44. The quantitative estimate of drug-likeness (QED) is 0.889. The van der Waals surface area contributed by atoms with E-state index in [1.807, 2.05) is 12.1 Å². The molecule has 0 atom stereocenters. The highest BCUT2D eigenvalue weighted by Crippen LogP contribution is 2.37. The lowest BCUT2D eigenvalue weighted by atomic mass is 9.77. The summed E-state index contributed by atoms with van der Waals surface area (Å²) in [4.78, 5) is 4.36. The maximum atomic E-state index is 6.13. The Morgan fingerprint density at radius 2 is 1.94 bits per heavy atom. The minimum atomic E-state index is -0.381. The molecule has 1 aromatic carbocycles. The monoisotopic (exact) mass is 249 g/mol. The van der Waals surface area contributed by atoms with E-state index in [9.17, 15) is 0 Å². The molecule has 1 saturated carbocycles. The van der Waals surface area contributed by atoms with Crippen molar-refractivity contribution in [2.24, 2.45) is 5.73 Å². The van der Waals surface area contributed by atoms with Gasteiger partial charge in [-0.15, -0.1) is 0 Å². The highest BCUT2D eigenvalue weighted by molar-refractivity contribution is 6.30. The summed E-state index contributed by atoms with van der Waals surface area (Å²) in [6, 6.07) is 7.29. The van der Waals surface area contributed by atoms with Crippen LogP contribution in [0.25, 0.3) is 11.5 Å². The van der Waals surface area contributed by atoms with Gasteiger partial charge in [-0.05, 0) is 43.5 Å². The van der Waals surface area contributed by atoms with Crippen LogP contribution < -0.4 is 5.73 Å². The zero-order valence-electron chi connectivity index (χ0n) is 9.19. The zero-order valence-corrected chi connectivity index (χ0v) is 9.94. The number of hydrogen-bond acceptors (Lipinski definition) is 4. The van der Waals surface area contributed by atoms with E-state index in [0.717, 1.165) is 24.8 Å². The molecule has 3 rings (SSSR count). The van der Waals surface area contributed by atoms with Crippen LogP contribution in [-0.4, -0.2) is 10.1 Å². The number of nitrogens with two attached hydrogens (primary N) is 1. The van der Waals surface area contributed by atoms with E-state index in [-0.39, 0.29) is 5.54 Å². The maximum absolute atomic E-state index is 6.13. The van der Waals surface area contributed by atoms with Crippen LogP contribution in [0.15, 0.2) is 28.8 Å². The molecule has 0 saturated heterocycles. The Labute approximate surface area is 104 Å². The largest absolute Gasteiger partial charge is 0.334 e. The Balaban J connectivity index is 1.92. The summed E-state index contributed by atoms with van der Waals surface area (Å²) >= 11 is 5.82. The molecule has 1 aromatic heterocycles. The van der Waals surface area contributed by atoms with Crippen molar-refractivity contribution in [2.75, 3.05) is 0 Å². The number of rotatable bonds is 2. The van der Waals surface area contributed by atoms with Crippen molar-refractivity contribution >= 4 is 11.6 Å². The first-order valence-corrected chi connectivity index (χ1v) is 5.94. The summed E-state index contributed by atoms with van der Waals surface area (Å²) in [5, 5.41) is 4.65. The molecule has 17 heavy (non-hydrogen) atoms. The summed E-state index contributed by atoms with van der Waals surface area (Å²) < 4.78 is 5.23. The van der Waals surface area contributed by atoms with Crippen molar-refractivity contribution in [3.63, 3.8) is 0 Å². The lowest BCUT2D eigenvalue weighted by Gasteiger charge is -2.34. The van der Waals surface area contributed by atoms with E-state index in [0.29, 0.717) is 16.7 Å². The van der Waals surface area contributed by atoms with Crippen molar-refractivity contribution in [1.82, 2.24) is 10.1 Å². The van der Waals surface area contributed by atoms with Gasteiger partial charge in [-0.3, -0.25) is 0 Å². The van der Waals surface area contributed by atoms with Crippen LogP contribution >= 0.6 is 11.6 Å². The van der Waals surface area contributed by atoms with Gasteiger partial charge in [-0.25, -0.2) is 0 Å². The number of hydrogen-bond donors (Lipinski definition) is 1. The molecule has 0 radical (unpaired) electrons. The van der Waals surface area contributed by atoms with Crippen LogP contribution in [0.2, 0.25) is 5.02 Å². The minimum absolute atomic E-state index is 0.381. The third-order valence-corrected chi connectivity index (χ3v) is 3.46. The molecule has 4 nitrogen and oxygen atoms in total. The molecule has 0 bridgehead atoms. The maximum Gasteiger partial charge on any atom is 0.257 e. The van der Waals surface area contributed by atoms with Crippen LogP contribution in [0.4, 0.5) is 0 Å².